The molecule has 0 spiro atoms. The summed E-state index contributed by atoms with van der Waals surface area (Å²) in [6.07, 6.45) is 0. The number of piperazine rings is 1. The van der Waals surface area contributed by atoms with E-state index in [1.807, 2.05) is 13.8 Å². The Hall–Kier alpha value is -1.51. The van der Waals surface area contributed by atoms with Crippen molar-refractivity contribution >= 4 is 11.6 Å². The third-order valence-electron chi connectivity index (χ3n) is 3.76. The highest BCUT2D eigenvalue weighted by molar-refractivity contribution is 5.91. The Morgan fingerprint density at radius 3 is 2.28 bits per heavy atom. The standard InChI is InChI=1S/C15H22N2O/c1-10-8-11(2)13(12(3)9-10)17-7-6-16-14(18)15(17,4)5/h8-9H,6-7H2,1-5H3,(H,16,18). The van der Waals surface area contributed by atoms with Gasteiger partial charge in [-0.15, -0.1) is 0 Å². The first-order valence-electron chi connectivity index (χ1n) is 6.48. The third kappa shape index (κ3) is 1.98. The minimum Gasteiger partial charge on any atom is -0.355 e. The summed E-state index contributed by atoms with van der Waals surface area (Å²) in [5, 5.41) is 2.94. The van der Waals surface area contributed by atoms with Crippen molar-refractivity contribution < 1.29 is 4.79 Å². The maximum Gasteiger partial charge on any atom is 0.245 e. The number of amides is 1. The summed E-state index contributed by atoms with van der Waals surface area (Å²) in [5.41, 5.74) is 4.49. The van der Waals surface area contributed by atoms with E-state index in [9.17, 15) is 4.79 Å². The second-order valence-corrected chi connectivity index (χ2v) is 5.71. The van der Waals surface area contributed by atoms with Crippen molar-refractivity contribution in [1.82, 2.24) is 5.32 Å². The molecule has 1 saturated heterocycles. The lowest BCUT2D eigenvalue weighted by molar-refractivity contribution is -0.126. The van der Waals surface area contributed by atoms with Gasteiger partial charge in [-0.2, -0.15) is 0 Å². The first-order chi connectivity index (χ1) is 8.34. The van der Waals surface area contributed by atoms with Crippen LogP contribution in [-0.4, -0.2) is 24.5 Å². The third-order valence-corrected chi connectivity index (χ3v) is 3.76. The van der Waals surface area contributed by atoms with Crippen molar-refractivity contribution in [2.75, 3.05) is 18.0 Å². The molecule has 0 atom stereocenters. The molecule has 0 bridgehead atoms. The van der Waals surface area contributed by atoms with Crippen LogP contribution in [-0.2, 0) is 4.79 Å². The minimum atomic E-state index is -0.483. The summed E-state index contributed by atoms with van der Waals surface area (Å²) in [6, 6.07) is 4.37. The van der Waals surface area contributed by atoms with Gasteiger partial charge in [0.1, 0.15) is 5.54 Å². The van der Waals surface area contributed by atoms with Crippen LogP contribution < -0.4 is 10.2 Å². The van der Waals surface area contributed by atoms with E-state index in [-0.39, 0.29) is 5.91 Å². The Morgan fingerprint density at radius 2 is 1.72 bits per heavy atom. The molecule has 0 unspecified atom stereocenters. The van der Waals surface area contributed by atoms with E-state index in [1.54, 1.807) is 0 Å². The molecule has 1 aromatic carbocycles. The molecule has 1 aliphatic heterocycles. The van der Waals surface area contributed by atoms with E-state index in [1.165, 1.54) is 22.4 Å². The molecule has 0 saturated carbocycles. The van der Waals surface area contributed by atoms with Gasteiger partial charge in [-0.3, -0.25) is 4.79 Å². The van der Waals surface area contributed by atoms with Crippen molar-refractivity contribution in [2.45, 2.75) is 40.2 Å². The van der Waals surface area contributed by atoms with Gasteiger partial charge in [-0.05, 0) is 45.7 Å². The smallest absolute Gasteiger partial charge is 0.245 e. The summed E-state index contributed by atoms with van der Waals surface area (Å²) in [5.74, 6) is 0.105. The zero-order valence-corrected chi connectivity index (χ0v) is 11.9. The topological polar surface area (TPSA) is 32.3 Å². The van der Waals surface area contributed by atoms with Crippen molar-refractivity contribution in [3.8, 4) is 0 Å². The van der Waals surface area contributed by atoms with E-state index >= 15 is 0 Å². The summed E-state index contributed by atoms with van der Waals surface area (Å²) >= 11 is 0. The fourth-order valence-electron chi connectivity index (χ4n) is 2.89. The number of nitrogens with zero attached hydrogens (tertiary/aromatic N) is 1. The van der Waals surface area contributed by atoms with Crippen LogP contribution >= 0.6 is 0 Å². The van der Waals surface area contributed by atoms with Crippen LogP contribution in [0.4, 0.5) is 5.69 Å². The van der Waals surface area contributed by atoms with Gasteiger partial charge in [0.2, 0.25) is 5.91 Å². The monoisotopic (exact) mass is 246 g/mol. The number of anilines is 1. The van der Waals surface area contributed by atoms with Crippen LogP contribution in [0.15, 0.2) is 12.1 Å². The maximum atomic E-state index is 12.0. The predicted molar refractivity (Wildman–Crippen MR) is 75.1 cm³/mol. The number of aryl methyl sites for hydroxylation is 3. The zero-order valence-electron chi connectivity index (χ0n) is 11.9. The van der Waals surface area contributed by atoms with E-state index in [0.29, 0.717) is 0 Å². The lowest BCUT2D eigenvalue weighted by Gasteiger charge is -2.44. The Morgan fingerprint density at radius 1 is 1.17 bits per heavy atom. The molecule has 98 valence electrons. The molecule has 3 nitrogen and oxygen atoms in total. The quantitative estimate of drug-likeness (QED) is 0.825. The molecule has 0 aliphatic carbocycles. The van der Waals surface area contributed by atoms with Gasteiger partial charge in [-0.25, -0.2) is 0 Å². The largest absolute Gasteiger partial charge is 0.355 e. The molecule has 1 fully saturated rings. The normalized spacial score (nSPS) is 18.7. The zero-order chi connectivity index (χ0) is 13.5. The molecule has 1 amide bonds. The SMILES string of the molecule is Cc1cc(C)c(N2CCNC(=O)C2(C)C)c(C)c1. The summed E-state index contributed by atoms with van der Waals surface area (Å²) in [4.78, 5) is 14.3. The Labute approximate surface area is 109 Å². The van der Waals surface area contributed by atoms with Crippen LogP contribution in [0.1, 0.15) is 30.5 Å². The fourth-order valence-corrected chi connectivity index (χ4v) is 2.89. The molecule has 1 aromatic rings. The fraction of sp³-hybridized carbons (Fsp3) is 0.533. The predicted octanol–water partition coefficient (Wildman–Crippen LogP) is 2.33. The molecule has 1 N–H and O–H groups in total. The maximum absolute atomic E-state index is 12.0. The minimum absolute atomic E-state index is 0.105. The molecular formula is C15H22N2O. The highest BCUT2D eigenvalue weighted by Gasteiger charge is 2.38. The Balaban J connectivity index is 2.51. The van der Waals surface area contributed by atoms with E-state index in [0.717, 1.165) is 13.1 Å². The first-order valence-corrected chi connectivity index (χ1v) is 6.48. The summed E-state index contributed by atoms with van der Waals surface area (Å²) in [6.45, 7) is 11.9. The average Bonchev–Trinajstić information content (AvgIpc) is 2.23. The van der Waals surface area contributed by atoms with Crippen LogP contribution in [0.2, 0.25) is 0 Å². The van der Waals surface area contributed by atoms with Crippen molar-refractivity contribution in [3.05, 3.63) is 28.8 Å². The van der Waals surface area contributed by atoms with E-state index < -0.39 is 5.54 Å². The van der Waals surface area contributed by atoms with Crippen LogP contribution in [0.3, 0.4) is 0 Å². The van der Waals surface area contributed by atoms with Gasteiger partial charge in [0, 0.05) is 18.8 Å². The number of hydrogen-bond acceptors (Lipinski definition) is 2. The van der Waals surface area contributed by atoms with E-state index in [4.69, 9.17) is 0 Å². The van der Waals surface area contributed by atoms with Gasteiger partial charge in [0.05, 0.1) is 0 Å². The molecule has 0 aromatic heterocycles. The van der Waals surface area contributed by atoms with Crippen LogP contribution in [0.25, 0.3) is 0 Å². The molecule has 3 heteroatoms. The molecule has 0 radical (unpaired) electrons. The van der Waals surface area contributed by atoms with Gasteiger partial charge in [0.25, 0.3) is 0 Å². The highest BCUT2D eigenvalue weighted by atomic mass is 16.2. The van der Waals surface area contributed by atoms with Crippen molar-refractivity contribution in [3.63, 3.8) is 0 Å². The second-order valence-electron chi connectivity index (χ2n) is 5.71. The Bertz CT molecular complexity index is 468. The Kier molecular flexibility index (Phi) is 3.09. The molecule has 2 rings (SSSR count). The number of nitrogens with one attached hydrogen (secondary N) is 1. The van der Waals surface area contributed by atoms with Gasteiger partial charge in [0.15, 0.2) is 0 Å². The first kappa shape index (κ1) is 12.9. The number of hydrogen-bond donors (Lipinski definition) is 1. The lowest BCUT2D eigenvalue weighted by atomic mass is 9.94. The lowest BCUT2D eigenvalue weighted by Crippen LogP contribution is -2.62. The van der Waals surface area contributed by atoms with Gasteiger partial charge in [-0.1, -0.05) is 17.7 Å². The average molecular weight is 246 g/mol. The van der Waals surface area contributed by atoms with Crippen LogP contribution in [0, 0.1) is 20.8 Å². The van der Waals surface area contributed by atoms with Gasteiger partial charge < -0.3 is 10.2 Å². The molecule has 1 heterocycles. The number of carbonyl (C=O) groups is 1. The highest BCUT2D eigenvalue weighted by Crippen LogP contribution is 2.32. The summed E-state index contributed by atoms with van der Waals surface area (Å²) in [7, 11) is 0. The van der Waals surface area contributed by atoms with Crippen LogP contribution in [0.5, 0.6) is 0 Å². The second kappa shape index (κ2) is 4.30. The molecule has 1 aliphatic rings. The number of benzene rings is 1. The molecule has 18 heavy (non-hydrogen) atoms. The van der Waals surface area contributed by atoms with Crippen molar-refractivity contribution in [2.24, 2.45) is 0 Å². The summed E-state index contributed by atoms with van der Waals surface area (Å²) < 4.78 is 0. The van der Waals surface area contributed by atoms with Crippen molar-refractivity contribution in [1.29, 1.82) is 0 Å². The number of rotatable bonds is 1. The van der Waals surface area contributed by atoms with Gasteiger partial charge >= 0.3 is 0 Å². The molecular weight excluding hydrogens is 224 g/mol. The number of carbonyl (C=O) groups excluding carboxylic acids is 1. The van der Waals surface area contributed by atoms with E-state index in [2.05, 4.69) is 43.1 Å².